The van der Waals surface area contributed by atoms with E-state index in [0.717, 1.165) is 19.5 Å². The molecular formula is C9H20Cl2N2. The molecule has 80 valence electrons. The minimum absolute atomic E-state index is 0.116. The number of rotatable bonds is 7. The predicted octanol–water partition coefficient (Wildman–Crippen LogP) is 1.76. The average Bonchev–Trinajstić information content (AvgIpc) is 2.12. The Hall–Kier alpha value is 0.500. The molecule has 4 heteroatoms. The van der Waals surface area contributed by atoms with Crippen molar-refractivity contribution in [2.24, 2.45) is 0 Å². The van der Waals surface area contributed by atoms with Gasteiger partial charge in [-0.1, -0.05) is 0 Å². The summed E-state index contributed by atoms with van der Waals surface area (Å²) in [6.45, 7) is 4.10. The number of hydrogen-bond donors (Lipinski definition) is 1. The average molecular weight is 227 g/mol. The van der Waals surface area contributed by atoms with Crippen LogP contribution in [0.5, 0.6) is 0 Å². The Morgan fingerprint density at radius 2 is 1.77 bits per heavy atom. The van der Waals surface area contributed by atoms with E-state index in [1.165, 1.54) is 0 Å². The highest BCUT2D eigenvalue weighted by molar-refractivity contribution is 6.22. The lowest BCUT2D eigenvalue weighted by Gasteiger charge is -2.26. The molecular weight excluding hydrogens is 207 g/mol. The van der Waals surface area contributed by atoms with Crippen LogP contribution in [0.2, 0.25) is 0 Å². The topological polar surface area (TPSA) is 15.3 Å². The van der Waals surface area contributed by atoms with Crippen LogP contribution >= 0.6 is 23.2 Å². The maximum Gasteiger partial charge on any atom is 0.0425 e. The molecule has 1 N–H and O–H groups in total. The minimum atomic E-state index is -0.116. The van der Waals surface area contributed by atoms with Crippen LogP contribution in [0.3, 0.4) is 0 Å². The van der Waals surface area contributed by atoms with Gasteiger partial charge in [0.1, 0.15) is 0 Å². The van der Waals surface area contributed by atoms with Gasteiger partial charge in [-0.15, -0.1) is 23.2 Å². The van der Waals surface area contributed by atoms with Gasteiger partial charge in [0.05, 0.1) is 0 Å². The summed E-state index contributed by atoms with van der Waals surface area (Å²) in [5.74, 6) is 1.11. The fourth-order valence-corrected chi connectivity index (χ4v) is 1.39. The molecule has 0 heterocycles. The summed E-state index contributed by atoms with van der Waals surface area (Å²) < 4.78 is 0. The van der Waals surface area contributed by atoms with Crippen LogP contribution < -0.4 is 5.32 Å². The minimum Gasteiger partial charge on any atom is -0.309 e. The van der Waals surface area contributed by atoms with Gasteiger partial charge in [-0.2, -0.15) is 0 Å². The molecule has 0 bridgehead atoms. The van der Waals surface area contributed by atoms with E-state index in [1.807, 2.05) is 6.92 Å². The Balaban J connectivity index is 3.50. The standard InChI is InChI=1S/C9H20Cl2N2/c1-9(7-10,8-11)12-5-4-6-13(2)3/h12H,4-8H2,1-3H3. The monoisotopic (exact) mass is 226 g/mol. The Morgan fingerprint density at radius 3 is 2.15 bits per heavy atom. The number of hydrogen-bond acceptors (Lipinski definition) is 2. The van der Waals surface area contributed by atoms with Gasteiger partial charge in [-0.25, -0.2) is 0 Å². The lowest BCUT2D eigenvalue weighted by molar-refractivity contribution is 0.369. The summed E-state index contributed by atoms with van der Waals surface area (Å²) in [6, 6.07) is 0. The van der Waals surface area contributed by atoms with Crippen LogP contribution in [-0.4, -0.2) is 49.4 Å². The van der Waals surface area contributed by atoms with Crippen LogP contribution in [0.25, 0.3) is 0 Å². The van der Waals surface area contributed by atoms with E-state index in [1.54, 1.807) is 0 Å². The maximum absolute atomic E-state index is 5.79. The van der Waals surface area contributed by atoms with Crippen LogP contribution in [0, 0.1) is 0 Å². The molecule has 0 spiro atoms. The van der Waals surface area contributed by atoms with Crippen LogP contribution in [-0.2, 0) is 0 Å². The van der Waals surface area contributed by atoms with Gasteiger partial charge in [0.2, 0.25) is 0 Å². The van der Waals surface area contributed by atoms with E-state index >= 15 is 0 Å². The molecule has 0 aliphatic carbocycles. The first-order valence-electron chi connectivity index (χ1n) is 4.56. The molecule has 0 saturated carbocycles. The summed E-state index contributed by atoms with van der Waals surface area (Å²) in [5, 5.41) is 3.36. The molecule has 0 radical (unpaired) electrons. The largest absolute Gasteiger partial charge is 0.309 e. The second-order valence-electron chi connectivity index (χ2n) is 3.91. The molecule has 0 aliphatic heterocycles. The third kappa shape index (κ3) is 6.55. The zero-order chi connectivity index (χ0) is 10.3. The first kappa shape index (κ1) is 13.5. The molecule has 0 atom stereocenters. The summed E-state index contributed by atoms with van der Waals surface area (Å²) in [4.78, 5) is 2.17. The normalized spacial score (nSPS) is 12.5. The fraction of sp³-hybridized carbons (Fsp3) is 1.00. The molecule has 0 fully saturated rings. The number of nitrogens with zero attached hydrogens (tertiary/aromatic N) is 1. The summed E-state index contributed by atoms with van der Waals surface area (Å²) in [7, 11) is 4.14. The van der Waals surface area contributed by atoms with Crippen molar-refractivity contribution in [1.29, 1.82) is 0 Å². The Kier molecular flexibility index (Phi) is 7.15. The van der Waals surface area contributed by atoms with Gasteiger partial charge in [0, 0.05) is 17.3 Å². The van der Waals surface area contributed by atoms with Crippen LogP contribution in [0.1, 0.15) is 13.3 Å². The first-order valence-corrected chi connectivity index (χ1v) is 5.62. The Morgan fingerprint density at radius 1 is 1.23 bits per heavy atom. The van der Waals surface area contributed by atoms with Gasteiger partial charge < -0.3 is 10.2 Å². The van der Waals surface area contributed by atoms with Gasteiger partial charge in [-0.3, -0.25) is 0 Å². The maximum atomic E-state index is 5.79. The lowest BCUT2D eigenvalue weighted by atomic mass is 10.1. The van der Waals surface area contributed by atoms with Gasteiger partial charge in [0.15, 0.2) is 0 Å². The predicted molar refractivity (Wildman–Crippen MR) is 61.0 cm³/mol. The highest BCUT2D eigenvalue weighted by Crippen LogP contribution is 2.08. The Labute approximate surface area is 91.6 Å². The Bertz CT molecular complexity index is 125. The molecule has 0 aliphatic rings. The summed E-state index contributed by atoms with van der Waals surface area (Å²) in [6.07, 6.45) is 1.12. The third-order valence-electron chi connectivity index (χ3n) is 1.92. The summed E-state index contributed by atoms with van der Waals surface area (Å²) >= 11 is 11.6. The number of nitrogens with one attached hydrogen (secondary N) is 1. The molecule has 0 amide bonds. The second-order valence-corrected chi connectivity index (χ2v) is 4.45. The zero-order valence-corrected chi connectivity index (χ0v) is 10.3. The highest BCUT2D eigenvalue weighted by atomic mass is 35.5. The van der Waals surface area contributed by atoms with Crippen molar-refractivity contribution in [3.05, 3.63) is 0 Å². The van der Waals surface area contributed by atoms with Crippen molar-refractivity contribution >= 4 is 23.2 Å². The second kappa shape index (κ2) is 6.88. The van der Waals surface area contributed by atoms with Gasteiger partial charge >= 0.3 is 0 Å². The summed E-state index contributed by atoms with van der Waals surface area (Å²) in [5.41, 5.74) is -0.116. The van der Waals surface area contributed by atoms with E-state index in [0.29, 0.717) is 11.8 Å². The first-order chi connectivity index (χ1) is 6.04. The third-order valence-corrected chi connectivity index (χ3v) is 3.10. The van der Waals surface area contributed by atoms with Crippen LogP contribution in [0.4, 0.5) is 0 Å². The smallest absolute Gasteiger partial charge is 0.0425 e. The van der Waals surface area contributed by atoms with Gasteiger partial charge in [0.25, 0.3) is 0 Å². The molecule has 0 aromatic carbocycles. The van der Waals surface area contributed by atoms with Crippen molar-refractivity contribution in [2.75, 3.05) is 38.9 Å². The van der Waals surface area contributed by atoms with E-state index in [4.69, 9.17) is 23.2 Å². The molecule has 0 aromatic heterocycles. The quantitative estimate of drug-likeness (QED) is 0.526. The van der Waals surface area contributed by atoms with Crippen molar-refractivity contribution < 1.29 is 0 Å². The molecule has 0 rings (SSSR count). The van der Waals surface area contributed by atoms with Crippen molar-refractivity contribution in [3.8, 4) is 0 Å². The molecule has 2 nitrogen and oxygen atoms in total. The van der Waals surface area contributed by atoms with Crippen molar-refractivity contribution in [3.63, 3.8) is 0 Å². The van der Waals surface area contributed by atoms with Crippen LogP contribution in [0.15, 0.2) is 0 Å². The van der Waals surface area contributed by atoms with Crippen molar-refractivity contribution in [1.82, 2.24) is 10.2 Å². The molecule has 0 unspecified atom stereocenters. The fourth-order valence-electron chi connectivity index (χ4n) is 0.916. The van der Waals surface area contributed by atoms with E-state index in [9.17, 15) is 0 Å². The molecule has 13 heavy (non-hydrogen) atoms. The number of halogens is 2. The van der Waals surface area contributed by atoms with E-state index in [2.05, 4.69) is 24.3 Å². The number of alkyl halides is 2. The lowest BCUT2D eigenvalue weighted by Crippen LogP contribution is -2.46. The van der Waals surface area contributed by atoms with E-state index in [-0.39, 0.29) is 5.54 Å². The van der Waals surface area contributed by atoms with E-state index < -0.39 is 0 Å². The molecule has 0 saturated heterocycles. The zero-order valence-electron chi connectivity index (χ0n) is 8.74. The molecule has 0 aromatic rings. The van der Waals surface area contributed by atoms with Crippen molar-refractivity contribution in [2.45, 2.75) is 18.9 Å². The highest BCUT2D eigenvalue weighted by Gasteiger charge is 2.20. The van der Waals surface area contributed by atoms with Gasteiger partial charge in [-0.05, 0) is 40.5 Å². The SMILES string of the molecule is CN(C)CCCNC(C)(CCl)CCl.